The second kappa shape index (κ2) is 3.67. The van der Waals surface area contributed by atoms with E-state index in [9.17, 15) is 5.11 Å². The molecule has 0 bridgehead atoms. The Bertz CT molecular complexity index is 295. The Balaban J connectivity index is 3.01. The van der Waals surface area contributed by atoms with Gasteiger partial charge >= 0.3 is 0 Å². The number of hydrogen-bond acceptors (Lipinski definition) is 3. The van der Waals surface area contributed by atoms with Crippen LogP contribution in [0.2, 0.25) is 0 Å². The number of hydrogen-bond donors (Lipinski definition) is 2. The molecule has 0 atom stereocenters. The van der Waals surface area contributed by atoms with E-state index in [1.54, 1.807) is 18.2 Å². The second-order valence-electron chi connectivity index (χ2n) is 2.29. The summed E-state index contributed by atoms with van der Waals surface area (Å²) in [6, 6.07) is 5.08. The minimum Gasteiger partial charge on any atom is -0.504 e. The molecule has 3 nitrogen and oxygen atoms in total. The zero-order valence-corrected chi connectivity index (χ0v) is 6.82. The van der Waals surface area contributed by atoms with Gasteiger partial charge in [0.05, 0.1) is 7.11 Å². The molecule has 0 aliphatic heterocycles. The maximum Gasteiger partial charge on any atom is 0.160 e. The van der Waals surface area contributed by atoms with Crippen molar-refractivity contribution in [3.63, 3.8) is 0 Å². The first-order valence-electron chi connectivity index (χ1n) is 3.53. The number of nitrogens with two attached hydrogens (primary N) is 1. The van der Waals surface area contributed by atoms with Crippen molar-refractivity contribution in [2.75, 3.05) is 7.11 Å². The fraction of sp³-hybridized carbons (Fsp3) is 0.111. The van der Waals surface area contributed by atoms with Crippen molar-refractivity contribution < 1.29 is 9.84 Å². The maximum atomic E-state index is 9.32. The largest absolute Gasteiger partial charge is 0.504 e. The third-order valence-corrected chi connectivity index (χ3v) is 1.49. The molecule has 0 radical (unpaired) electrons. The van der Waals surface area contributed by atoms with Crippen molar-refractivity contribution in [3.8, 4) is 11.5 Å². The predicted molar refractivity (Wildman–Crippen MR) is 47.9 cm³/mol. The number of phenolic OH excluding ortho intramolecular Hbond substituents is 1. The Morgan fingerprint density at radius 2 is 2.25 bits per heavy atom. The van der Waals surface area contributed by atoms with E-state index in [1.165, 1.54) is 13.3 Å². The maximum absolute atomic E-state index is 9.32. The first-order valence-corrected chi connectivity index (χ1v) is 3.53. The van der Waals surface area contributed by atoms with Gasteiger partial charge in [-0.1, -0.05) is 6.07 Å². The molecule has 1 aromatic carbocycles. The summed E-state index contributed by atoms with van der Waals surface area (Å²) in [7, 11) is 1.51. The fourth-order valence-corrected chi connectivity index (χ4v) is 0.922. The lowest BCUT2D eigenvalue weighted by Crippen LogP contribution is -1.84. The summed E-state index contributed by atoms with van der Waals surface area (Å²) < 4.78 is 4.87. The molecule has 0 fully saturated rings. The van der Waals surface area contributed by atoms with Gasteiger partial charge in [-0.15, -0.1) is 0 Å². The zero-order chi connectivity index (χ0) is 8.97. The Kier molecular flexibility index (Phi) is 2.58. The van der Waals surface area contributed by atoms with Gasteiger partial charge in [-0.3, -0.25) is 0 Å². The smallest absolute Gasteiger partial charge is 0.160 e. The van der Waals surface area contributed by atoms with E-state index in [1.807, 2.05) is 6.07 Å². The number of aromatic hydroxyl groups is 1. The fourth-order valence-electron chi connectivity index (χ4n) is 0.922. The highest BCUT2D eigenvalue weighted by atomic mass is 16.5. The predicted octanol–water partition coefficient (Wildman–Crippen LogP) is 1.33. The molecule has 1 aromatic rings. The topological polar surface area (TPSA) is 55.5 Å². The molecule has 0 saturated heterocycles. The van der Waals surface area contributed by atoms with E-state index in [0.29, 0.717) is 5.75 Å². The van der Waals surface area contributed by atoms with E-state index in [0.717, 1.165) is 5.56 Å². The summed E-state index contributed by atoms with van der Waals surface area (Å²) in [4.78, 5) is 0. The third-order valence-electron chi connectivity index (χ3n) is 1.49. The summed E-state index contributed by atoms with van der Waals surface area (Å²) in [5, 5.41) is 9.32. The van der Waals surface area contributed by atoms with E-state index < -0.39 is 0 Å². The quantitative estimate of drug-likeness (QED) is 0.695. The van der Waals surface area contributed by atoms with Crippen LogP contribution in [0.15, 0.2) is 24.4 Å². The van der Waals surface area contributed by atoms with Crippen LogP contribution in [0.1, 0.15) is 5.56 Å². The Labute approximate surface area is 71.1 Å². The average molecular weight is 165 g/mol. The van der Waals surface area contributed by atoms with E-state index in [4.69, 9.17) is 10.5 Å². The van der Waals surface area contributed by atoms with Crippen LogP contribution in [-0.2, 0) is 0 Å². The van der Waals surface area contributed by atoms with Crippen molar-refractivity contribution >= 4 is 6.08 Å². The lowest BCUT2D eigenvalue weighted by molar-refractivity contribution is 0.373. The van der Waals surface area contributed by atoms with Crippen molar-refractivity contribution in [3.05, 3.63) is 30.0 Å². The standard InChI is InChI=1S/C9H11NO2/c1-12-9-3-2-7(4-5-10)6-8(9)11/h2-6,11H,10H2,1H3/b5-4+. The third kappa shape index (κ3) is 1.69. The molecule has 0 amide bonds. The van der Waals surface area contributed by atoms with Crippen LogP contribution in [-0.4, -0.2) is 12.2 Å². The van der Waals surface area contributed by atoms with E-state index >= 15 is 0 Å². The molecule has 0 spiro atoms. The number of phenols is 1. The molecule has 12 heavy (non-hydrogen) atoms. The number of ether oxygens (including phenoxy) is 1. The Morgan fingerprint density at radius 3 is 2.75 bits per heavy atom. The van der Waals surface area contributed by atoms with Crippen LogP contribution in [0.5, 0.6) is 11.5 Å². The summed E-state index contributed by atoms with van der Waals surface area (Å²) in [5.41, 5.74) is 6.03. The van der Waals surface area contributed by atoms with Crippen LogP contribution in [0.25, 0.3) is 6.08 Å². The van der Waals surface area contributed by atoms with Gasteiger partial charge in [0.15, 0.2) is 11.5 Å². The Morgan fingerprint density at radius 1 is 1.50 bits per heavy atom. The molecule has 3 heteroatoms. The van der Waals surface area contributed by atoms with Crippen LogP contribution in [0, 0.1) is 0 Å². The summed E-state index contributed by atoms with van der Waals surface area (Å²) in [6.45, 7) is 0. The van der Waals surface area contributed by atoms with Gasteiger partial charge in [0.25, 0.3) is 0 Å². The molecule has 64 valence electrons. The molecular weight excluding hydrogens is 154 g/mol. The second-order valence-corrected chi connectivity index (χ2v) is 2.29. The monoisotopic (exact) mass is 165 g/mol. The van der Waals surface area contributed by atoms with Gasteiger partial charge in [0.2, 0.25) is 0 Å². The van der Waals surface area contributed by atoms with Gasteiger partial charge in [-0.25, -0.2) is 0 Å². The first-order chi connectivity index (χ1) is 5.77. The van der Waals surface area contributed by atoms with Crippen LogP contribution in [0.3, 0.4) is 0 Å². The summed E-state index contributed by atoms with van der Waals surface area (Å²) in [5.74, 6) is 0.581. The van der Waals surface area contributed by atoms with Gasteiger partial charge < -0.3 is 15.6 Å². The van der Waals surface area contributed by atoms with Crippen molar-refractivity contribution in [1.82, 2.24) is 0 Å². The lowest BCUT2D eigenvalue weighted by Gasteiger charge is -2.02. The zero-order valence-electron chi connectivity index (χ0n) is 6.82. The molecule has 3 N–H and O–H groups in total. The van der Waals surface area contributed by atoms with Gasteiger partial charge in [-0.05, 0) is 30.0 Å². The number of benzene rings is 1. The first kappa shape index (κ1) is 8.46. The summed E-state index contributed by atoms with van der Waals surface area (Å²) in [6.07, 6.45) is 3.11. The van der Waals surface area contributed by atoms with Crippen LogP contribution < -0.4 is 10.5 Å². The molecule has 0 aromatic heterocycles. The molecule has 0 saturated carbocycles. The molecule has 0 aliphatic carbocycles. The molecule has 1 rings (SSSR count). The van der Waals surface area contributed by atoms with E-state index in [2.05, 4.69) is 0 Å². The Hall–Kier alpha value is -1.64. The average Bonchev–Trinajstić information content (AvgIpc) is 2.05. The molecular formula is C9H11NO2. The highest BCUT2D eigenvalue weighted by Crippen LogP contribution is 2.26. The van der Waals surface area contributed by atoms with Crippen LogP contribution in [0.4, 0.5) is 0 Å². The molecule has 0 aliphatic rings. The van der Waals surface area contributed by atoms with Crippen molar-refractivity contribution in [1.29, 1.82) is 0 Å². The van der Waals surface area contributed by atoms with Gasteiger partial charge in [-0.2, -0.15) is 0 Å². The van der Waals surface area contributed by atoms with Crippen molar-refractivity contribution in [2.24, 2.45) is 5.73 Å². The molecule has 0 heterocycles. The van der Waals surface area contributed by atoms with Crippen LogP contribution >= 0.6 is 0 Å². The number of rotatable bonds is 2. The lowest BCUT2D eigenvalue weighted by atomic mass is 10.2. The SMILES string of the molecule is COc1ccc(/C=C/N)cc1O. The van der Waals surface area contributed by atoms with E-state index in [-0.39, 0.29) is 5.75 Å². The number of methoxy groups -OCH3 is 1. The molecule has 0 unspecified atom stereocenters. The van der Waals surface area contributed by atoms with Gasteiger partial charge in [0.1, 0.15) is 0 Å². The van der Waals surface area contributed by atoms with Crippen molar-refractivity contribution in [2.45, 2.75) is 0 Å². The van der Waals surface area contributed by atoms with Gasteiger partial charge in [0, 0.05) is 0 Å². The minimum absolute atomic E-state index is 0.119. The highest BCUT2D eigenvalue weighted by Gasteiger charge is 1.99. The minimum atomic E-state index is 0.119. The highest BCUT2D eigenvalue weighted by molar-refractivity contribution is 5.54. The normalized spacial score (nSPS) is 10.4. The summed E-state index contributed by atoms with van der Waals surface area (Å²) >= 11 is 0.